The van der Waals surface area contributed by atoms with Crippen molar-refractivity contribution in [3.8, 4) is 0 Å². The number of unbranched alkanes of at least 4 members (excludes halogenated alkanes) is 2. The molecule has 53 heavy (non-hydrogen) atoms. The minimum atomic E-state index is -1.31. The van der Waals surface area contributed by atoms with Crippen molar-refractivity contribution in [3.63, 3.8) is 0 Å². The smallest absolute Gasteiger partial charge is 0.313 e. The van der Waals surface area contributed by atoms with Crippen LogP contribution in [0, 0.1) is 25.7 Å². The van der Waals surface area contributed by atoms with Crippen LogP contribution in [0.15, 0.2) is 73.8 Å². The van der Waals surface area contributed by atoms with Gasteiger partial charge in [0.15, 0.2) is 0 Å². The number of esters is 1. The number of aliphatic hydroxyl groups excluding tert-OH is 1. The summed E-state index contributed by atoms with van der Waals surface area (Å²) in [5.74, 6) is -3.55. The van der Waals surface area contributed by atoms with E-state index in [1.54, 1.807) is 22.0 Å². The van der Waals surface area contributed by atoms with Gasteiger partial charge >= 0.3 is 5.97 Å². The van der Waals surface area contributed by atoms with Gasteiger partial charge in [0.2, 0.25) is 11.8 Å². The van der Waals surface area contributed by atoms with Crippen LogP contribution >= 0.6 is 15.9 Å². The third-order valence-electron chi connectivity index (χ3n) is 10.6. The van der Waals surface area contributed by atoms with Gasteiger partial charge in [-0.2, -0.15) is 0 Å². The molecule has 0 saturated carbocycles. The van der Waals surface area contributed by atoms with Gasteiger partial charge in [-0.15, -0.1) is 13.2 Å². The molecule has 3 fully saturated rings. The number of halogens is 1. The van der Waals surface area contributed by atoms with Crippen LogP contribution in [0.4, 0.5) is 5.69 Å². The summed E-state index contributed by atoms with van der Waals surface area (Å²) < 4.78 is 18.6. The number of carbonyl (C=O) groups excluding carboxylic acids is 4. The fourth-order valence-corrected chi connectivity index (χ4v) is 9.36. The lowest BCUT2D eigenvalue weighted by atomic mass is 9.70. The third kappa shape index (κ3) is 8.16. The molecule has 0 radical (unpaired) electrons. The summed E-state index contributed by atoms with van der Waals surface area (Å²) in [6, 6.07) is 13.2. The lowest BCUT2D eigenvalue weighted by molar-refractivity contribution is -0.163. The maximum Gasteiger partial charge on any atom is 0.313 e. The molecule has 5 rings (SSSR count). The number of carbonyl (C=O) groups is 4. The van der Waals surface area contributed by atoms with E-state index in [-0.39, 0.29) is 55.3 Å². The molecule has 1 spiro atoms. The first-order valence-corrected chi connectivity index (χ1v) is 19.3. The van der Waals surface area contributed by atoms with E-state index < -0.39 is 47.7 Å². The largest absolute Gasteiger partial charge is 0.455 e. The summed E-state index contributed by atoms with van der Waals surface area (Å²) in [6.45, 7) is 12.1. The zero-order valence-corrected chi connectivity index (χ0v) is 32.5. The van der Waals surface area contributed by atoms with E-state index in [1.165, 1.54) is 7.11 Å². The van der Waals surface area contributed by atoms with Crippen LogP contribution in [0.3, 0.4) is 0 Å². The number of benzene rings is 2. The van der Waals surface area contributed by atoms with Crippen LogP contribution < -0.4 is 10.2 Å². The number of allylic oxidation sites excluding steroid dienone is 1. The summed E-state index contributed by atoms with van der Waals surface area (Å²) in [5.41, 5.74) is 1.88. The summed E-state index contributed by atoms with van der Waals surface area (Å²) >= 11 is 3.77. The summed E-state index contributed by atoms with van der Waals surface area (Å²) in [6.07, 6.45) is 4.42. The van der Waals surface area contributed by atoms with E-state index in [0.717, 1.165) is 16.8 Å². The van der Waals surface area contributed by atoms with Gasteiger partial charge in [0.05, 0.1) is 30.6 Å². The van der Waals surface area contributed by atoms with Crippen molar-refractivity contribution in [1.29, 1.82) is 0 Å². The van der Waals surface area contributed by atoms with E-state index in [2.05, 4.69) is 34.4 Å². The molecular weight excluding hydrogens is 742 g/mol. The topological polar surface area (TPSA) is 135 Å². The first-order chi connectivity index (χ1) is 25.5. The fraction of sp³-hybridized carbons (Fsp3) is 0.512. The first-order valence-electron chi connectivity index (χ1n) is 18.4. The molecule has 2 aromatic rings. The Bertz CT molecular complexity index is 1630. The van der Waals surface area contributed by atoms with Gasteiger partial charge in [0.1, 0.15) is 17.7 Å². The van der Waals surface area contributed by atoms with Crippen molar-refractivity contribution < 1.29 is 38.5 Å². The second-order valence-corrected chi connectivity index (χ2v) is 15.4. The summed E-state index contributed by atoms with van der Waals surface area (Å²) in [5, 5.41) is 12.4. The zero-order chi connectivity index (χ0) is 38.3. The van der Waals surface area contributed by atoms with E-state index in [9.17, 15) is 19.5 Å². The van der Waals surface area contributed by atoms with Crippen molar-refractivity contribution in [2.45, 2.75) is 87.1 Å². The molecule has 2 N–H and O–H groups in total. The van der Waals surface area contributed by atoms with Crippen LogP contribution in [0.5, 0.6) is 0 Å². The van der Waals surface area contributed by atoms with Crippen molar-refractivity contribution in [3.05, 3.63) is 90.5 Å². The Morgan fingerprint density at radius 1 is 1.09 bits per heavy atom. The normalized spacial score (nSPS) is 25.4. The van der Waals surface area contributed by atoms with Crippen LogP contribution in [0.25, 0.3) is 0 Å². The number of likely N-dealkylation sites (tertiary alicyclic amines) is 1. The maximum absolute atomic E-state index is 15.1. The number of hydrogen-bond donors (Lipinski definition) is 2. The van der Waals surface area contributed by atoms with Gasteiger partial charge in [0.25, 0.3) is 5.91 Å². The number of amides is 3. The van der Waals surface area contributed by atoms with Crippen molar-refractivity contribution >= 4 is 45.3 Å². The van der Waals surface area contributed by atoms with Crippen LogP contribution in [0.2, 0.25) is 0 Å². The van der Waals surface area contributed by atoms with Crippen molar-refractivity contribution in [1.82, 2.24) is 10.2 Å². The standard InChI is InChI=1S/C41H52BrN3O8/c1-6-8-20-31(47)43-30(25-51-5)35(28-18-11-9-12-19-28)52-40(50)32-33-38(48)45(22-13-10-14-23-46)37(41(33)24-29(42)36(32)53-41)39(49)44(21-7-2)34-26(3)16-15-17-27(34)4/h6-7,9,11-12,15-19,29-30,32-33,35-37,46H,1-2,8,10,13-14,20-25H2,3-5H3,(H,43,47)/t29?,30-,32+,33-,35-,36+,37+,41-/m0/s1. The molecule has 0 aromatic heterocycles. The molecule has 286 valence electrons. The molecule has 8 atom stereocenters. The number of aliphatic hydroxyl groups is 1. The van der Waals surface area contributed by atoms with E-state index in [4.69, 9.17) is 14.2 Å². The van der Waals surface area contributed by atoms with Gasteiger partial charge in [-0.25, -0.2) is 0 Å². The summed E-state index contributed by atoms with van der Waals surface area (Å²) in [7, 11) is 1.51. The molecule has 2 aromatic carbocycles. The fourth-order valence-electron chi connectivity index (χ4n) is 8.41. The third-order valence-corrected chi connectivity index (χ3v) is 11.5. The lowest BCUT2D eigenvalue weighted by Gasteiger charge is -2.38. The number of alkyl halides is 1. The van der Waals surface area contributed by atoms with Gasteiger partial charge in [-0.1, -0.05) is 76.6 Å². The number of para-hydroxylation sites is 1. The maximum atomic E-state index is 15.1. The Labute approximate surface area is 320 Å². The molecule has 3 amide bonds. The molecular formula is C41H52BrN3O8. The molecule has 2 bridgehead atoms. The number of aryl methyl sites for hydroxylation is 2. The number of rotatable bonds is 19. The number of fused-ring (bicyclic) bond motifs is 1. The Morgan fingerprint density at radius 2 is 1.81 bits per heavy atom. The van der Waals surface area contributed by atoms with Gasteiger partial charge in [-0.3, -0.25) is 19.2 Å². The Balaban J connectivity index is 1.54. The Kier molecular flexibility index (Phi) is 13.7. The number of anilines is 1. The first kappa shape index (κ1) is 40.3. The van der Waals surface area contributed by atoms with Crippen molar-refractivity contribution in [2.24, 2.45) is 11.8 Å². The predicted octanol–water partition coefficient (Wildman–Crippen LogP) is 5.11. The SMILES string of the molecule is C=CCCC(=O)N[C@@H](COC)[C@@H](OC(=O)[C@H]1[C@@H]2O[C@@]3(CC2Br)[C@@H]1C(=O)N(CCCCCO)[C@@H]3C(=O)N(CC=C)c1c(C)cccc1C)c1ccccc1. The Hall–Kier alpha value is -3.84. The molecule has 11 nitrogen and oxygen atoms in total. The molecule has 3 heterocycles. The minimum Gasteiger partial charge on any atom is -0.455 e. The highest BCUT2D eigenvalue weighted by atomic mass is 79.9. The number of methoxy groups -OCH3 is 1. The number of nitrogens with zero attached hydrogens (tertiary/aromatic N) is 2. The summed E-state index contributed by atoms with van der Waals surface area (Å²) in [4.78, 5) is 60.3. The minimum absolute atomic E-state index is 0.0217. The monoisotopic (exact) mass is 793 g/mol. The second-order valence-electron chi connectivity index (χ2n) is 14.2. The molecule has 3 aliphatic heterocycles. The average molecular weight is 795 g/mol. The lowest BCUT2D eigenvalue weighted by Crippen LogP contribution is -2.57. The predicted molar refractivity (Wildman–Crippen MR) is 205 cm³/mol. The quantitative estimate of drug-likeness (QED) is 0.0868. The zero-order valence-electron chi connectivity index (χ0n) is 30.9. The molecule has 12 heteroatoms. The molecule has 1 unspecified atom stereocenters. The highest BCUT2D eigenvalue weighted by molar-refractivity contribution is 9.09. The van der Waals surface area contributed by atoms with E-state index in [0.29, 0.717) is 37.7 Å². The molecule has 3 saturated heterocycles. The van der Waals surface area contributed by atoms with E-state index >= 15 is 4.79 Å². The van der Waals surface area contributed by atoms with Gasteiger partial charge in [-0.05, 0) is 62.6 Å². The highest BCUT2D eigenvalue weighted by Gasteiger charge is 2.77. The average Bonchev–Trinajstić information content (AvgIpc) is 3.73. The van der Waals surface area contributed by atoms with E-state index in [1.807, 2.05) is 62.4 Å². The van der Waals surface area contributed by atoms with Gasteiger partial charge in [0, 0.05) is 43.7 Å². The van der Waals surface area contributed by atoms with Crippen LogP contribution in [0.1, 0.15) is 61.3 Å². The number of hydrogen-bond acceptors (Lipinski definition) is 8. The second kappa shape index (κ2) is 18.0. The highest BCUT2D eigenvalue weighted by Crippen LogP contribution is 2.60. The van der Waals surface area contributed by atoms with Gasteiger partial charge < -0.3 is 34.4 Å². The van der Waals surface area contributed by atoms with Crippen LogP contribution in [-0.2, 0) is 33.4 Å². The van der Waals surface area contributed by atoms with Crippen LogP contribution in [-0.4, -0.2) is 95.7 Å². The molecule has 0 aliphatic carbocycles. The Morgan fingerprint density at radius 3 is 2.45 bits per heavy atom. The van der Waals surface area contributed by atoms with Crippen molar-refractivity contribution in [2.75, 3.05) is 38.3 Å². The molecule has 3 aliphatic rings. The number of ether oxygens (including phenoxy) is 3. The number of nitrogens with one attached hydrogen (secondary N) is 1.